The highest BCUT2D eigenvalue weighted by molar-refractivity contribution is 5.99. The van der Waals surface area contributed by atoms with Crippen molar-refractivity contribution in [3.8, 4) is 17.2 Å². The standard InChI is InChI=1S/C20H16N4O4/c25-18-11-27-17-8-12(3-4-14(17)22-18)20(26)24-7-5-16-15(10-24)23-19(28-16)13-2-1-6-21-9-13/h1-4,6,8-9H,5,7,10-11H2,(H,22,25). The molecule has 2 aliphatic rings. The molecule has 1 N–H and O–H groups in total. The van der Waals surface area contributed by atoms with Gasteiger partial charge in [-0.15, -0.1) is 0 Å². The molecule has 0 radical (unpaired) electrons. The van der Waals surface area contributed by atoms with Crippen molar-refractivity contribution in [2.75, 3.05) is 18.5 Å². The van der Waals surface area contributed by atoms with E-state index in [9.17, 15) is 9.59 Å². The molecule has 0 saturated heterocycles. The number of hydrogen-bond donors (Lipinski definition) is 1. The highest BCUT2D eigenvalue weighted by atomic mass is 16.5. The zero-order chi connectivity index (χ0) is 19.1. The smallest absolute Gasteiger partial charge is 0.262 e. The number of aromatic nitrogens is 2. The summed E-state index contributed by atoms with van der Waals surface area (Å²) < 4.78 is 11.3. The molecule has 0 spiro atoms. The van der Waals surface area contributed by atoms with Crippen LogP contribution in [-0.4, -0.2) is 39.8 Å². The molecular formula is C20H16N4O4. The van der Waals surface area contributed by atoms with E-state index in [1.807, 2.05) is 12.1 Å². The second-order valence-electron chi connectivity index (χ2n) is 6.66. The molecule has 0 atom stereocenters. The molecule has 2 aromatic heterocycles. The fourth-order valence-electron chi connectivity index (χ4n) is 3.37. The molecule has 28 heavy (non-hydrogen) atoms. The van der Waals surface area contributed by atoms with Gasteiger partial charge in [0.1, 0.15) is 17.2 Å². The summed E-state index contributed by atoms with van der Waals surface area (Å²) in [6.45, 7) is 0.878. The maximum Gasteiger partial charge on any atom is 0.262 e. The number of oxazole rings is 1. The molecule has 2 amide bonds. The van der Waals surface area contributed by atoms with Crippen LogP contribution < -0.4 is 10.1 Å². The largest absolute Gasteiger partial charge is 0.482 e. The minimum Gasteiger partial charge on any atom is -0.482 e. The van der Waals surface area contributed by atoms with Crippen molar-refractivity contribution in [2.24, 2.45) is 0 Å². The quantitative estimate of drug-likeness (QED) is 0.737. The number of ether oxygens (including phenoxy) is 1. The fraction of sp³-hybridized carbons (Fsp3) is 0.200. The van der Waals surface area contributed by atoms with Crippen LogP contribution in [0.4, 0.5) is 5.69 Å². The number of nitrogens with one attached hydrogen (secondary N) is 1. The Balaban J connectivity index is 1.37. The van der Waals surface area contributed by atoms with Gasteiger partial charge in [-0.3, -0.25) is 14.6 Å². The first-order valence-corrected chi connectivity index (χ1v) is 8.92. The van der Waals surface area contributed by atoms with Crippen molar-refractivity contribution in [2.45, 2.75) is 13.0 Å². The van der Waals surface area contributed by atoms with Gasteiger partial charge in [0.05, 0.1) is 17.8 Å². The van der Waals surface area contributed by atoms with E-state index in [1.54, 1.807) is 35.5 Å². The number of carbonyl (C=O) groups is 2. The Hall–Kier alpha value is -3.68. The average molecular weight is 376 g/mol. The van der Waals surface area contributed by atoms with Crippen LogP contribution in [-0.2, 0) is 17.8 Å². The lowest BCUT2D eigenvalue weighted by Gasteiger charge is -2.26. The fourth-order valence-corrected chi connectivity index (χ4v) is 3.37. The molecule has 8 nitrogen and oxygen atoms in total. The number of benzene rings is 1. The van der Waals surface area contributed by atoms with Gasteiger partial charge in [-0.25, -0.2) is 4.98 Å². The molecule has 3 aromatic rings. The Morgan fingerprint density at radius 3 is 3.04 bits per heavy atom. The summed E-state index contributed by atoms with van der Waals surface area (Å²) in [6, 6.07) is 8.76. The van der Waals surface area contributed by atoms with Gasteiger partial charge in [0.2, 0.25) is 5.89 Å². The zero-order valence-electron chi connectivity index (χ0n) is 14.8. The summed E-state index contributed by atoms with van der Waals surface area (Å²) in [7, 11) is 0. The van der Waals surface area contributed by atoms with Crippen molar-refractivity contribution in [3.05, 3.63) is 59.7 Å². The third-order valence-corrected chi connectivity index (χ3v) is 4.78. The SMILES string of the molecule is O=C1COc2cc(C(=O)N3CCc4oc(-c5cccnc5)nc4C3)ccc2N1. The summed E-state index contributed by atoms with van der Waals surface area (Å²) in [5, 5.41) is 2.72. The van der Waals surface area contributed by atoms with E-state index in [-0.39, 0.29) is 18.4 Å². The first-order valence-electron chi connectivity index (χ1n) is 8.92. The van der Waals surface area contributed by atoms with Crippen LogP contribution in [0.15, 0.2) is 47.1 Å². The molecular weight excluding hydrogens is 360 g/mol. The van der Waals surface area contributed by atoms with Crippen LogP contribution >= 0.6 is 0 Å². The Morgan fingerprint density at radius 1 is 1.25 bits per heavy atom. The topological polar surface area (TPSA) is 97.6 Å². The van der Waals surface area contributed by atoms with Gasteiger partial charge >= 0.3 is 0 Å². The zero-order valence-corrected chi connectivity index (χ0v) is 14.8. The number of fused-ring (bicyclic) bond motifs is 2. The highest BCUT2D eigenvalue weighted by Gasteiger charge is 2.27. The maximum atomic E-state index is 13.0. The Morgan fingerprint density at radius 2 is 2.18 bits per heavy atom. The minimum absolute atomic E-state index is 0.0478. The lowest BCUT2D eigenvalue weighted by atomic mass is 10.1. The normalized spacial score (nSPS) is 15.3. The number of carbonyl (C=O) groups excluding carboxylic acids is 2. The molecule has 140 valence electrons. The van der Waals surface area contributed by atoms with Crippen LogP contribution in [0.5, 0.6) is 5.75 Å². The molecule has 1 aromatic carbocycles. The first-order chi connectivity index (χ1) is 13.7. The van der Waals surface area contributed by atoms with Gasteiger partial charge < -0.3 is 19.4 Å². The number of anilines is 1. The van der Waals surface area contributed by atoms with Crippen LogP contribution in [0.2, 0.25) is 0 Å². The molecule has 0 fully saturated rings. The second kappa shape index (κ2) is 6.49. The lowest BCUT2D eigenvalue weighted by Crippen LogP contribution is -2.36. The van der Waals surface area contributed by atoms with E-state index in [0.29, 0.717) is 42.4 Å². The van der Waals surface area contributed by atoms with Crippen LogP contribution in [0, 0.1) is 0 Å². The summed E-state index contributed by atoms with van der Waals surface area (Å²) >= 11 is 0. The van der Waals surface area contributed by atoms with E-state index >= 15 is 0 Å². The molecule has 0 aliphatic carbocycles. The summed E-state index contributed by atoms with van der Waals surface area (Å²) in [5.74, 6) is 1.51. The third-order valence-electron chi connectivity index (χ3n) is 4.78. The van der Waals surface area contributed by atoms with Crippen molar-refractivity contribution in [1.82, 2.24) is 14.9 Å². The van der Waals surface area contributed by atoms with E-state index in [4.69, 9.17) is 9.15 Å². The molecule has 4 heterocycles. The number of rotatable bonds is 2. The average Bonchev–Trinajstić information content (AvgIpc) is 3.17. The molecule has 5 rings (SSSR count). The van der Waals surface area contributed by atoms with Crippen LogP contribution in [0.1, 0.15) is 21.8 Å². The first kappa shape index (κ1) is 16.5. The van der Waals surface area contributed by atoms with Crippen molar-refractivity contribution in [3.63, 3.8) is 0 Å². The van der Waals surface area contributed by atoms with Gasteiger partial charge in [0, 0.05) is 30.9 Å². The Labute approximate surface area is 160 Å². The molecule has 8 heteroatoms. The van der Waals surface area contributed by atoms with Gasteiger partial charge in [0.25, 0.3) is 11.8 Å². The predicted molar refractivity (Wildman–Crippen MR) is 98.7 cm³/mol. The highest BCUT2D eigenvalue weighted by Crippen LogP contribution is 2.30. The van der Waals surface area contributed by atoms with Crippen LogP contribution in [0.25, 0.3) is 11.5 Å². The van der Waals surface area contributed by atoms with Gasteiger partial charge in [-0.05, 0) is 30.3 Å². The molecule has 0 saturated carbocycles. The van der Waals surface area contributed by atoms with Crippen molar-refractivity contribution < 1.29 is 18.7 Å². The maximum absolute atomic E-state index is 13.0. The van der Waals surface area contributed by atoms with E-state index < -0.39 is 0 Å². The van der Waals surface area contributed by atoms with Crippen molar-refractivity contribution >= 4 is 17.5 Å². The third kappa shape index (κ3) is 2.88. The van der Waals surface area contributed by atoms with Gasteiger partial charge in [0.15, 0.2) is 6.61 Å². The lowest BCUT2D eigenvalue weighted by molar-refractivity contribution is -0.118. The number of pyridine rings is 1. The molecule has 2 aliphatic heterocycles. The van der Waals surface area contributed by atoms with Crippen molar-refractivity contribution in [1.29, 1.82) is 0 Å². The number of nitrogens with zero attached hydrogens (tertiary/aromatic N) is 3. The number of amides is 2. The monoisotopic (exact) mass is 376 g/mol. The Kier molecular flexibility index (Phi) is 3.82. The second-order valence-corrected chi connectivity index (χ2v) is 6.66. The van der Waals surface area contributed by atoms with Gasteiger partial charge in [-0.1, -0.05) is 0 Å². The molecule has 0 bridgehead atoms. The summed E-state index contributed by atoms with van der Waals surface area (Å²) in [5.41, 5.74) is 2.66. The summed E-state index contributed by atoms with van der Waals surface area (Å²) in [6.07, 6.45) is 4.00. The number of hydrogen-bond acceptors (Lipinski definition) is 6. The molecule has 0 unspecified atom stereocenters. The predicted octanol–water partition coefficient (Wildman–Crippen LogP) is 2.27. The Bertz CT molecular complexity index is 1080. The van der Waals surface area contributed by atoms with E-state index in [2.05, 4.69) is 15.3 Å². The van der Waals surface area contributed by atoms with Crippen LogP contribution in [0.3, 0.4) is 0 Å². The van der Waals surface area contributed by atoms with E-state index in [1.165, 1.54) is 0 Å². The van der Waals surface area contributed by atoms with E-state index in [0.717, 1.165) is 17.0 Å². The minimum atomic E-state index is -0.203. The summed E-state index contributed by atoms with van der Waals surface area (Å²) in [4.78, 5) is 34.7. The van der Waals surface area contributed by atoms with Gasteiger partial charge in [-0.2, -0.15) is 0 Å².